The zero-order chi connectivity index (χ0) is 23.4. The van der Waals surface area contributed by atoms with Crippen LogP contribution in [0.3, 0.4) is 0 Å². The highest BCUT2D eigenvalue weighted by Gasteiger charge is 2.34. The Hall–Kier alpha value is -4.30. The lowest BCUT2D eigenvalue weighted by Crippen LogP contribution is -2.01. The molecule has 1 aliphatic carbocycles. The van der Waals surface area contributed by atoms with Crippen LogP contribution in [-0.4, -0.2) is 4.57 Å². The molecule has 35 heavy (non-hydrogen) atoms. The number of para-hydroxylation sites is 1. The number of fused-ring (bicyclic) bond motifs is 6. The van der Waals surface area contributed by atoms with Gasteiger partial charge in [0.1, 0.15) is 0 Å². The van der Waals surface area contributed by atoms with Crippen molar-refractivity contribution in [3.05, 3.63) is 137 Å². The molecule has 4 aromatic carbocycles. The van der Waals surface area contributed by atoms with E-state index in [1.807, 2.05) is 0 Å². The van der Waals surface area contributed by atoms with Gasteiger partial charge in [0.2, 0.25) is 0 Å². The lowest BCUT2D eigenvalue weighted by Gasteiger charge is -2.15. The third-order valence-corrected chi connectivity index (χ3v) is 7.51. The van der Waals surface area contributed by atoms with Crippen LogP contribution in [0.5, 0.6) is 0 Å². The van der Waals surface area contributed by atoms with E-state index in [9.17, 15) is 0 Å². The average molecular weight is 451 g/mol. The normalized spacial score (nSPS) is 15.9. The second-order valence-electron chi connectivity index (χ2n) is 9.55. The molecule has 1 aromatic heterocycles. The predicted octanol–water partition coefficient (Wildman–Crippen LogP) is 7.70. The first kappa shape index (κ1) is 20.1. The molecule has 7 rings (SSSR count). The van der Waals surface area contributed by atoms with Gasteiger partial charge in [-0.1, -0.05) is 103 Å². The van der Waals surface area contributed by atoms with Crippen molar-refractivity contribution in [3.63, 3.8) is 0 Å². The summed E-state index contributed by atoms with van der Waals surface area (Å²) in [5.41, 5.74) is 19.1. The Morgan fingerprint density at radius 3 is 2.60 bits per heavy atom. The van der Waals surface area contributed by atoms with Crippen LogP contribution in [0.2, 0.25) is 0 Å². The quantitative estimate of drug-likeness (QED) is 0.299. The van der Waals surface area contributed by atoms with Gasteiger partial charge in [0.05, 0.1) is 11.2 Å². The largest absolute Gasteiger partial charge is 0.398 e. The Morgan fingerprint density at radius 2 is 1.69 bits per heavy atom. The van der Waals surface area contributed by atoms with Gasteiger partial charge < -0.3 is 10.3 Å². The van der Waals surface area contributed by atoms with Crippen molar-refractivity contribution in [2.75, 3.05) is 0 Å². The molecule has 1 unspecified atom stereocenters. The van der Waals surface area contributed by atoms with Crippen molar-refractivity contribution in [1.29, 1.82) is 0 Å². The van der Waals surface area contributed by atoms with Crippen molar-refractivity contribution in [3.8, 4) is 16.8 Å². The molecule has 2 heteroatoms. The molecule has 0 bridgehead atoms. The van der Waals surface area contributed by atoms with Crippen LogP contribution in [0.25, 0.3) is 39.5 Å². The number of benzene rings is 4. The van der Waals surface area contributed by atoms with Crippen LogP contribution < -0.4 is 5.73 Å². The molecule has 1 aliphatic heterocycles. The number of aromatic nitrogens is 1. The minimum Gasteiger partial charge on any atom is -0.398 e. The molecule has 5 aromatic rings. The summed E-state index contributed by atoms with van der Waals surface area (Å²) < 4.78 is 2.47. The molecule has 0 amide bonds. The van der Waals surface area contributed by atoms with Crippen LogP contribution in [0.4, 0.5) is 0 Å². The Kier molecular flexibility index (Phi) is 4.53. The summed E-state index contributed by atoms with van der Waals surface area (Å²) in [6.07, 6.45) is 8.63. The molecule has 0 fully saturated rings. The standard InChI is InChI=1S/C33H26N2/c34-30(19-16-22-8-6-11-24(20-22)23-9-2-1-3-10-23)25-17-18-27-29-14-7-13-28-26-12-4-5-15-31(26)35(33(28)29)32(27)21-25/h1-13,15,17-21,29H,14,16,34H2/b30-19-. The molecule has 0 spiro atoms. The fourth-order valence-electron chi connectivity index (χ4n) is 5.84. The van der Waals surface area contributed by atoms with E-state index in [2.05, 4.69) is 120 Å². The monoisotopic (exact) mass is 450 g/mol. The molecule has 1 atom stereocenters. The first-order valence-corrected chi connectivity index (χ1v) is 12.3. The van der Waals surface area contributed by atoms with E-state index in [0.29, 0.717) is 5.92 Å². The third kappa shape index (κ3) is 3.18. The van der Waals surface area contributed by atoms with Gasteiger partial charge in [-0.05, 0) is 52.8 Å². The lowest BCUT2D eigenvalue weighted by molar-refractivity contribution is 0.820. The third-order valence-electron chi connectivity index (χ3n) is 7.51. The number of allylic oxidation sites excluding steroid dienone is 2. The van der Waals surface area contributed by atoms with Gasteiger partial charge in [-0.2, -0.15) is 0 Å². The van der Waals surface area contributed by atoms with Gasteiger partial charge in [0.15, 0.2) is 0 Å². The number of nitrogens with zero attached hydrogens (tertiary/aromatic N) is 1. The maximum atomic E-state index is 6.64. The fraction of sp³-hybridized carbons (Fsp3) is 0.0909. The molecule has 2 aliphatic rings. The minimum atomic E-state index is 0.428. The summed E-state index contributed by atoms with van der Waals surface area (Å²) in [6.45, 7) is 0. The summed E-state index contributed by atoms with van der Waals surface area (Å²) in [7, 11) is 0. The summed E-state index contributed by atoms with van der Waals surface area (Å²) >= 11 is 0. The maximum Gasteiger partial charge on any atom is 0.0538 e. The van der Waals surface area contributed by atoms with Crippen molar-refractivity contribution < 1.29 is 0 Å². The number of hydrogen-bond acceptors (Lipinski definition) is 1. The Bertz CT molecular complexity index is 1650. The smallest absolute Gasteiger partial charge is 0.0538 e. The molecule has 0 radical (unpaired) electrons. The summed E-state index contributed by atoms with van der Waals surface area (Å²) in [5.74, 6) is 0.428. The molecule has 168 valence electrons. The van der Waals surface area contributed by atoms with Crippen LogP contribution >= 0.6 is 0 Å². The molecule has 0 saturated carbocycles. The predicted molar refractivity (Wildman–Crippen MR) is 147 cm³/mol. The highest BCUT2D eigenvalue weighted by Crippen LogP contribution is 2.49. The van der Waals surface area contributed by atoms with E-state index in [4.69, 9.17) is 5.73 Å². The van der Waals surface area contributed by atoms with Crippen LogP contribution in [0, 0.1) is 0 Å². The highest BCUT2D eigenvalue weighted by molar-refractivity contribution is 5.95. The first-order chi connectivity index (χ1) is 17.3. The van der Waals surface area contributed by atoms with Crippen LogP contribution in [-0.2, 0) is 6.42 Å². The molecule has 2 heterocycles. The van der Waals surface area contributed by atoms with Crippen LogP contribution in [0.1, 0.15) is 40.3 Å². The van der Waals surface area contributed by atoms with Gasteiger partial charge in [-0.25, -0.2) is 0 Å². The zero-order valence-electron chi connectivity index (χ0n) is 19.5. The van der Waals surface area contributed by atoms with Crippen molar-refractivity contribution >= 4 is 22.7 Å². The van der Waals surface area contributed by atoms with Gasteiger partial charge in [-0.3, -0.25) is 0 Å². The van der Waals surface area contributed by atoms with Gasteiger partial charge >= 0.3 is 0 Å². The Balaban J connectivity index is 1.24. The van der Waals surface area contributed by atoms with Crippen molar-refractivity contribution in [1.82, 2.24) is 4.57 Å². The molecular weight excluding hydrogens is 424 g/mol. The Morgan fingerprint density at radius 1 is 0.857 bits per heavy atom. The van der Waals surface area contributed by atoms with E-state index in [0.717, 1.165) is 24.1 Å². The second-order valence-corrected chi connectivity index (χ2v) is 9.55. The lowest BCUT2D eigenvalue weighted by atomic mass is 9.87. The van der Waals surface area contributed by atoms with Crippen LogP contribution in [0.15, 0.2) is 109 Å². The summed E-state index contributed by atoms with van der Waals surface area (Å²) in [6, 6.07) is 34.8. The van der Waals surface area contributed by atoms with Crippen molar-refractivity contribution in [2.45, 2.75) is 18.8 Å². The zero-order valence-corrected chi connectivity index (χ0v) is 19.5. The van der Waals surface area contributed by atoms with E-state index < -0.39 is 0 Å². The number of rotatable bonds is 4. The molecular formula is C33H26N2. The molecule has 2 nitrogen and oxygen atoms in total. The fourth-order valence-corrected chi connectivity index (χ4v) is 5.84. The first-order valence-electron chi connectivity index (χ1n) is 12.3. The topological polar surface area (TPSA) is 30.9 Å². The Labute approximate surface area is 205 Å². The van der Waals surface area contributed by atoms with E-state index in [1.54, 1.807) is 0 Å². The van der Waals surface area contributed by atoms with Gasteiger partial charge in [0.25, 0.3) is 0 Å². The SMILES string of the molecule is N/C(=C\Cc1cccc(-c2ccccc2)c1)c1ccc2c(c1)-n1c3c(c4ccccc41)C=CCC23. The van der Waals surface area contributed by atoms with E-state index >= 15 is 0 Å². The molecule has 2 N–H and O–H groups in total. The van der Waals surface area contributed by atoms with Gasteiger partial charge in [0, 0.05) is 28.3 Å². The average Bonchev–Trinajstić information content (AvgIpc) is 3.44. The maximum absolute atomic E-state index is 6.64. The highest BCUT2D eigenvalue weighted by atomic mass is 15.0. The number of hydrogen-bond donors (Lipinski definition) is 1. The summed E-state index contributed by atoms with van der Waals surface area (Å²) in [4.78, 5) is 0. The summed E-state index contributed by atoms with van der Waals surface area (Å²) in [5, 5.41) is 1.33. The van der Waals surface area contributed by atoms with Gasteiger partial charge in [-0.15, -0.1) is 0 Å². The van der Waals surface area contributed by atoms with Crippen molar-refractivity contribution in [2.24, 2.45) is 5.73 Å². The van der Waals surface area contributed by atoms with E-state index in [1.165, 1.54) is 50.1 Å². The second kappa shape index (κ2) is 7.89. The minimum absolute atomic E-state index is 0.428. The number of nitrogens with two attached hydrogens (primary N) is 1. The van der Waals surface area contributed by atoms with E-state index in [-0.39, 0.29) is 0 Å². The molecule has 0 saturated heterocycles.